The number of aryl methyl sites for hydroxylation is 2. The van der Waals surface area contributed by atoms with Crippen LogP contribution in [0, 0.1) is 13.8 Å². The van der Waals surface area contributed by atoms with E-state index in [1.807, 2.05) is 13.3 Å². The summed E-state index contributed by atoms with van der Waals surface area (Å²) in [6, 6.07) is 0. The summed E-state index contributed by atoms with van der Waals surface area (Å²) in [7, 11) is 0. The van der Waals surface area contributed by atoms with E-state index in [1.54, 1.807) is 0 Å². The molecule has 1 heterocycles. The normalized spacial score (nSPS) is 14.7. The van der Waals surface area contributed by atoms with Crippen molar-refractivity contribution in [3.05, 3.63) is 17.7 Å². The average Bonchev–Trinajstić information content (AvgIpc) is 2.68. The van der Waals surface area contributed by atoms with Crippen LogP contribution in [0.25, 0.3) is 0 Å². The van der Waals surface area contributed by atoms with Crippen LogP contribution in [0.15, 0.2) is 6.33 Å². The third-order valence-electron chi connectivity index (χ3n) is 3.62. The zero-order chi connectivity index (χ0) is 13.6. The molecule has 0 aliphatic rings. The summed E-state index contributed by atoms with van der Waals surface area (Å²) in [6.45, 7) is 10.5. The Balaban J connectivity index is 2.42. The van der Waals surface area contributed by atoms with Gasteiger partial charge in [0.05, 0.1) is 18.6 Å². The van der Waals surface area contributed by atoms with Gasteiger partial charge >= 0.3 is 0 Å². The lowest BCUT2D eigenvalue weighted by atomic mass is 9.96. The van der Waals surface area contributed by atoms with Gasteiger partial charge in [-0.05, 0) is 46.6 Å². The summed E-state index contributed by atoms with van der Waals surface area (Å²) >= 11 is 0. The summed E-state index contributed by atoms with van der Waals surface area (Å²) in [5, 5.41) is 12.9. The van der Waals surface area contributed by atoms with Crippen LogP contribution in [0.1, 0.15) is 44.5 Å². The van der Waals surface area contributed by atoms with Crippen LogP contribution in [0.5, 0.6) is 0 Å². The van der Waals surface area contributed by atoms with Crippen LogP contribution in [-0.2, 0) is 6.54 Å². The van der Waals surface area contributed by atoms with Crippen molar-refractivity contribution in [1.82, 2.24) is 14.9 Å². The molecule has 104 valence electrons. The minimum atomic E-state index is -0.153. The van der Waals surface area contributed by atoms with Crippen LogP contribution >= 0.6 is 0 Å². The van der Waals surface area contributed by atoms with Crippen LogP contribution in [0.2, 0.25) is 0 Å². The Morgan fingerprint density at radius 2 is 2.17 bits per heavy atom. The molecule has 1 rings (SSSR count). The smallest absolute Gasteiger partial charge is 0.0951 e. The highest BCUT2D eigenvalue weighted by Crippen LogP contribution is 2.14. The molecule has 4 heteroatoms. The summed E-state index contributed by atoms with van der Waals surface area (Å²) in [5.74, 6) is 0. The molecule has 0 saturated heterocycles. The molecule has 0 aliphatic heterocycles. The highest BCUT2D eigenvalue weighted by atomic mass is 16.3. The molecule has 4 nitrogen and oxygen atoms in total. The summed E-state index contributed by atoms with van der Waals surface area (Å²) in [4.78, 5) is 4.30. The number of nitrogens with one attached hydrogen (secondary N) is 1. The van der Waals surface area contributed by atoms with E-state index >= 15 is 0 Å². The summed E-state index contributed by atoms with van der Waals surface area (Å²) < 4.78 is 2.19. The Kier molecular flexibility index (Phi) is 5.82. The molecule has 0 radical (unpaired) electrons. The van der Waals surface area contributed by atoms with Gasteiger partial charge in [-0.25, -0.2) is 4.98 Å². The van der Waals surface area contributed by atoms with Crippen molar-refractivity contribution in [3.63, 3.8) is 0 Å². The van der Waals surface area contributed by atoms with E-state index in [2.05, 4.69) is 35.6 Å². The SMILES string of the molecule is CCCNC(C)(CO)CCCn1cnc(C)c1C. The van der Waals surface area contributed by atoms with Gasteiger partial charge in [-0.1, -0.05) is 6.92 Å². The Morgan fingerprint density at radius 1 is 1.44 bits per heavy atom. The molecule has 0 bridgehead atoms. The molecule has 0 fully saturated rings. The first-order valence-corrected chi connectivity index (χ1v) is 6.86. The highest BCUT2D eigenvalue weighted by Gasteiger charge is 2.21. The van der Waals surface area contributed by atoms with Crippen molar-refractivity contribution >= 4 is 0 Å². The second kappa shape index (κ2) is 6.90. The quantitative estimate of drug-likeness (QED) is 0.745. The van der Waals surface area contributed by atoms with Gasteiger partial charge < -0.3 is 15.0 Å². The first kappa shape index (κ1) is 15.2. The van der Waals surface area contributed by atoms with E-state index in [9.17, 15) is 5.11 Å². The van der Waals surface area contributed by atoms with Crippen molar-refractivity contribution in [2.24, 2.45) is 0 Å². The lowest BCUT2D eigenvalue weighted by molar-refractivity contribution is 0.162. The van der Waals surface area contributed by atoms with Gasteiger partial charge in [0.2, 0.25) is 0 Å². The predicted molar refractivity (Wildman–Crippen MR) is 74.7 cm³/mol. The number of hydrogen-bond acceptors (Lipinski definition) is 3. The fraction of sp³-hybridized carbons (Fsp3) is 0.786. The van der Waals surface area contributed by atoms with E-state index in [0.717, 1.165) is 38.0 Å². The van der Waals surface area contributed by atoms with Crippen LogP contribution < -0.4 is 5.32 Å². The maximum atomic E-state index is 9.49. The zero-order valence-corrected chi connectivity index (χ0v) is 12.2. The maximum absolute atomic E-state index is 9.49. The van der Waals surface area contributed by atoms with Crippen molar-refractivity contribution in [2.75, 3.05) is 13.2 Å². The molecule has 0 amide bonds. The zero-order valence-electron chi connectivity index (χ0n) is 12.2. The molecule has 1 unspecified atom stereocenters. The van der Waals surface area contributed by atoms with Gasteiger partial charge in [0, 0.05) is 17.8 Å². The van der Waals surface area contributed by atoms with Crippen LogP contribution in [0.4, 0.5) is 0 Å². The van der Waals surface area contributed by atoms with Gasteiger partial charge in [-0.15, -0.1) is 0 Å². The van der Waals surface area contributed by atoms with Crippen molar-refractivity contribution < 1.29 is 5.11 Å². The number of aliphatic hydroxyl groups is 1. The number of aliphatic hydroxyl groups excluding tert-OH is 1. The fourth-order valence-corrected chi connectivity index (χ4v) is 2.06. The lowest BCUT2D eigenvalue weighted by Crippen LogP contribution is -2.46. The number of imidazole rings is 1. The molecule has 0 aromatic carbocycles. The minimum Gasteiger partial charge on any atom is -0.394 e. The van der Waals surface area contributed by atoms with E-state index in [1.165, 1.54) is 5.69 Å². The third kappa shape index (κ3) is 4.10. The third-order valence-corrected chi connectivity index (χ3v) is 3.62. The molecule has 0 aliphatic carbocycles. The van der Waals surface area contributed by atoms with E-state index < -0.39 is 0 Å². The van der Waals surface area contributed by atoms with Crippen molar-refractivity contribution in [2.45, 2.75) is 59.0 Å². The number of rotatable bonds is 8. The lowest BCUT2D eigenvalue weighted by Gasteiger charge is -2.29. The fourth-order valence-electron chi connectivity index (χ4n) is 2.06. The molecule has 0 saturated carbocycles. The van der Waals surface area contributed by atoms with Crippen molar-refractivity contribution in [1.29, 1.82) is 0 Å². The molecule has 1 aromatic heterocycles. The van der Waals surface area contributed by atoms with Gasteiger partial charge in [0.1, 0.15) is 0 Å². The molecular weight excluding hydrogens is 226 g/mol. The largest absolute Gasteiger partial charge is 0.394 e. The van der Waals surface area contributed by atoms with Gasteiger partial charge in [0.15, 0.2) is 0 Å². The molecule has 0 spiro atoms. The second-order valence-corrected chi connectivity index (χ2v) is 5.36. The Hall–Kier alpha value is -0.870. The van der Waals surface area contributed by atoms with Crippen LogP contribution in [-0.4, -0.2) is 33.3 Å². The molecule has 18 heavy (non-hydrogen) atoms. The van der Waals surface area contributed by atoms with Gasteiger partial charge in [0.25, 0.3) is 0 Å². The Labute approximate surface area is 110 Å². The molecule has 1 aromatic rings. The second-order valence-electron chi connectivity index (χ2n) is 5.36. The average molecular weight is 253 g/mol. The molecule has 1 atom stereocenters. The van der Waals surface area contributed by atoms with E-state index in [-0.39, 0.29) is 12.1 Å². The highest BCUT2D eigenvalue weighted by molar-refractivity contribution is 5.08. The number of nitrogens with zero attached hydrogens (tertiary/aromatic N) is 2. The standard InChI is InChI=1S/C14H27N3O/c1-5-8-16-14(4,10-18)7-6-9-17-11-15-12(2)13(17)3/h11,16,18H,5-10H2,1-4H3. The first-order valence-electron chi connectivity index (χ1n) is 6.86. The number of hydrogen-bond donors (Lipinski definition) is 2. The monoisotopic (exact) mass is 253 g/mol. The first-order chi connectivity index (χ1) is 8.52. The van der Waals surface area contributed by atoms with E-state index in [4.69, 9.17) is 0 Å². The van der Waals surface area contributed by atoms with E-state index in [0.29, 0.717) is 0 Å². The van der Waals surface area contributed by atoms with Crippen LogP contribution in [0.3, 0.4) is 0 Å². The van der Waals surface area contributed by atoms with Gasteiger partial charge in [-0.3, -0.25) is 0 Å². The predicted octanol–water partition coefficient (Wildman–Crippen LogP) is 2.03. The Bertz CT molecular complexity index is 362. The molecular formula is C14H27N3O. The number of aromatic nitrogens is 2. The summed E-state index contributed by atoms with van der Waals surface area (Å²) in [6.07, 6.45) is 5.01. The van der Waals surface area contributed by atoms with Crippen molar-refractivity contribution in [3.8, 4) is 0 Å². The topological polar surface area (TPSA) is 50.1 Å². The minimum absolute atomic E-state index is 0.153. The maximum Gasteiger partial charge on any atom is 0.0951 e. The van der Waals surface area contributed by atoms with Gasteiger partial charge in [-0.2, -0.15) is 0 Å². The summed E-state index contributed by atoms with van der Waals surface area (Å²) in [5.41, 5.74) is 2.19. The Morgan fingerprint density at radius 3 is 2.67 bits per heavy atom. The molecule has 2 N–H and O–H groups in total.